The molecule has 4 nitrogen and oxygen atoms in total. The van der Waals surface area contributed by atoms with Crippen LogP contribution in [-0.2, 0) is 4.79 Å². The standard InChI is InChI=1S/C18H28N2O2/c1-13(2)12-22-17-8-6-16(7-9-17)14(3)20-18(21)11-19-10-15-4-5-15/h6-9,13-15,19H,4-5,10-12H2,1-3H3,(H,20,21). The molecule has 0 radical (unpaired) electrons. The SMILES string of the molecule is CC(C)COc1ccc(C(C)NC(=O)CNCC2CC2)cc1. The lowest BCUT2D eigenvalue weighted by Crippen LogP contribution is -2.36. The van der Waals surface area contributed by atoms with E-state index in [1.807, 2.05) is 31.2 Å². The number of benzene rings is 1. The Morgan fingerprint density at radius 1 is 1.23 bits per heavy atom. The van der Waals surface area contributed by atoms with Gasteiger partial charge >= 0.3 is 0 Å². The second-order valence-corrected chi connectivity index (χ2v) is 6.64. The van der Waals surface area contributed by atoms with Gasteiger partial charge in [0.05, 0.1) is 19.2 Å². The summed E-state index contributed by atoms with van der Waals surface area (Å²) < 4.78 is 5.67. The van der Waals surface area contributed by atoms with Gasteiger partial charge in [-0.15, -0.1) is 0 Å². The Morgan fingerprint density at radius 2 is 1.91 bits per heavy atom. The van der Waals surface area contributed by atoms with E-state index in [-0.39, 0.29) is 11.9 Å². The van der Waals surface area contributed by atoms with E-state index in [9.17, 15) is 4.79 Å². The Labute approximate surface area is 133 Å². The lowest BCUT2D eigenvalue weighted by atomic mass is 10.1. The summed E-state index contributed by atoms with van der Waals surface area (Å²) >= 11 is 0. The van der Waals surface area contributed by atoms with Crippen LogP contribution >= 0.6 is 0 Å². The van der Waals surface area contributed by atoms with Gasteiger partial charge in [-0.2, -0.15) is 0 Å². The zero-order valence-electron chi connectivity index (χ0n) is 13.9. The van der Waals surface area contributed by atoms with E-state index in [0.29, 0.717) is 12.5 Å². The summed E-state index contributed by atoms with van der Waals surface area (Å²) in [4.78, 5) is 11.9. The fourth-order valence-electron chi connectivity index (χ4n) is 2.20. The van der Waals surface area contributed by atoms with Crippen molar-refractivity contribution >= 4 is 5.91 Å². The highest BCUT2D eigenvalue weighted by atomic mass is 16.5. The van der Waals surface area contributed by atoms with Gasteiger partial charge in [-0.05, 0) is 55.8 Å². The van der Waals surface area contributed by atoms with Gasteiger partial charge in [0.15, 0.2) is 0 Å². The minimum absolute atomic E-state index is 0.00868. The molecule has 1 amide bonds. The highest BCUT2D eigenvalue weighted by molar-refractivity contribution is 5.78. The maximum atomic E-state index is 11.9. The maximum Gasteiger partial charge on any atom is 0.234 e. The third-order valence-corrected chi connectivity index (χ3v) is 3.76. The molecule has 22 heavy (non-hydrogen) atoms. The lowest BCUT2D eigenvalue weighted by molar-refractivity contribution is -0.120. The predicted molar refractivity (Wildman–Crippen MR) is 88.9 cm³/mol. The minimum atomic E-state index is 0.00868. The average Bonchev–Trinajstić information content (AvgIpc) is 3.29. The van der Waals surface area contributed by atoms with Crippen molar-refractivity contribution in [2.24, 2.45) is 11.8 Å². The molecule has 1 atom stereocenters. The third-order valence-electron chi connectivity index (χ3n) is 3.76. The van der Waals surface area contributed by atoms with E-state index < -0.39 is 0 Å². The summed E-state index contributed by atoms with van der Waals surface area (Å²) in [7, 11) is 0. The van der Waals surface area contributed by atoms with Gasteiger partial charge in [0.25, 0.3) is 0 Å². The highest BCUT2D eigenvalue weighted by Gasteiger charge is 2.20. The molecule has 1 aromatic rings. The van der Waals surface area contributed by atoms with Crippen molar-refractivity contribution in [1.29, 1.82) is 0 Å². The third kappa shape index (κ3) is 6.06. The molecule has 0 aromatic heterocycles. The van der Waals surface area contributed by atoms with E-state index in [4.69, 9.17) is 4.74 Å². The Bertz CT molecular complexity index is 466. The fourth-order valence-corrected chi connectivity index (χ4v) is 2.20. The van der Waals surface area contributed by atoms with Crippen molar-refractivity contribution < 1.29 is 9.53 Å². The molecular weight excluding hydrogens is 276 g/mol. The number of amides is 1. The fraction of sp³-hybridized carbons (Fsp3) is 0.611. The zero-order valence-corrected chi connectivity index (χ0v) is 13.9. The number of rotatable bonds is 9. The van der Waals surface area contributed by atoms with Gasteiger partial charge in [-0.1, -0.05) is 26.0 Å². The molecule has 1 unspecified atom stereocenters. The van der Waals surface area contributed by atoms with Gasteiger partial charge in [0.1, 0.15) is 5.75 Å². The van der Waals surface area contributed by atoms with Gasteiger partial charge in [-0.25, -0.2) is 0 Å². The summed E-state index contributed by atoms with van der Waals surface area (Å²) in [6.45, 7) is 8.34. The van der Waals surface area contributed by atoms with Crippen molar-refractivity contribution in [2.75, 3.05) is 19.7 Å². The lowest BCUT2D eigenvalue weighted by Gasteiger charge is -2.15. The smallest absolute Gasteiger partial charge is 0.234 e. The number of hydrogen-bond acceptors (Lipinski definition) is 3. The molecule has 1 aliphatic carbocycles. The van der Waals surface area contributed by atoms with Gasteiger partial charge < -0.3 is 15.4 Å². The van der Waals surface area contributed by atoms with Gasteiger partial charge in [0.2, 0.25) is 5.91 Å². The van der Waals surface area contributed by atoms with Crippen LogP contribution in [0.15, 0.2) is 24.3 Å². The molecular formula is C18H28N2O2. The van der Waals surface area contributed by atoms with E-state index in [1.54, 1.807) is 0 Å². The minimum Gasteiger partial charge on any atom is -0.493 e. The van der Waals surface area contributed by atoms with Crippen LogP contribution < -0.4 is 15.4 Å². The zero-order chi connectivity index (χ0) is 15.9. The van der Waals surface area contributed by atoms with Crippen LogP contribution in [0.3, 0.4) is 0 Å². The quantitative estimate of drug-likeness (QED) is 0.737. The van der Waals surface area contributed by atoms with E-state index >= 15 is 0 Å². The molecule has 2 N–H and O–H groups in total. The summed E-state index contributed by atoms with van der Waals surface area (Å²) in [5.41, 5.74) is 1.09. The van der Waals surface area contributed by atoms with Crippen LogP contribution in [0, 0.1) is 11.8 Å². The van der Waals surface area contributed by atoms with Crippen LogP contribution in [-0.4, -0.2) is 25.6 Å². The van der Waals surface area contributed by atoms with Crippen molar-refractivity contribution in [1.82, 2.24) is 10.6 Å². The number of hydrogen-bond donors (Lipinski definition) is 2. The van der Waals surface area contributed by atoms with E-state index in [1.165, 1.54) is 12.8 Å². The van der Waals surface area contributed by atoms with E-state index in [0.717, 1.165) is 30.4 Å². The molecule has 1 fully saturated rings. The van der Waals surface area contributed by atoms with Crippen molar-refractivity contribution in [3.63, 3.8) is 0 Å². The van der Waals surface area contributed by atoms with Crippen LogP contribution in [0.2, 0.25) is 0 Å². The molecule has 1 saturated carbocycles. The normalized spacial score (nSPS) is 15.6. The Kier molecular flexibility index (Phi) is 6.25. The molecule has 0 heterocycles. The number of carbonyl (C=O) groups is 1. The summed E-state index contributed by atoms with van der Waals surface area (Å²) in [6, 6.07) is 7.96. The molecule has 1 aromatic carbocycles. The van der Waals surface area contributed by atoms with Crippen LogP contribution in [0.5, 0.6) is 5.75 Å². The first-order valence-corrected chi connectivity index (χ1v) is 8.27. The molecule has 0 bridgehead atoms. The van der Waals surface area contributed by atoms with Crippen molar-refractivity contribution in [2.45, 2.75) is 39.7 Å². The first-order valence-electron chi connectivity index (χ1n) is 8.27. The molecule has 1 aliphatic rings. The first kappa shape index (κ1) is 16.8. The summed E-state index contributed by atoms with van der Waals surface area (Å²) in [6.07, 6.45) is 2.60. The van der Waals surface area contributed by atoms with Gasteiger partial charge in [-0.3, -0.25) is 4.79 Å². The Hall–Kier alpha value is -1.55. The van der Waals surface area contributed by atoms with Crippen molar-refractivity contribution in [3.8, 4) is 5.75 Å². The second-order valence-electron chi connectivity index (χ2n) is 6.64. The maximum absolute atomic E-state index is 11.9. The first-order chi connectivity index (χ1) is 10.5. The van der Waals surface area contributed by atoms with E-state index in [2.05, 4.69) is 24.5 Å². The number of carbonyl (C=O) groups excluding carboxylic acids is 1. The number of nitrogens with one attached hydrogen (secondary N) is 2. The Balaban J connectivity index is 1.73. The van der Waals surface area contributed by atoms with Crippen molar-refractivity contribution in [3.05, 3.63) is 29.8 Å². The largest absolute Gasteiger partial charge is 0.493 e. The molecule has 0 spiro atoms. The van der Waals surface area contributed by atoms with Crippen LogP contribution in [0.1, 0.15) is 45.2 Å². The topological polar surface area (TPSA) is 50.4 Å². The highest BCUT2D eigenvalue weighted by Crippen LogP contribution is 2.27. The molecule has 122 valence electrons. The molecule has 4 heteroatoms. The predicted octanol–water partition coefficient (Wildman–Crippen LogP) is 2.90. The summed E-state index contributed by atoms with van der Waals surface area (Å²) in [5.74, 6) is 2.24. The second kappa shape index (κ2) is 8.18. The molecule has 2 rings (SSSR count). The summed E-state index contributed by atoms with van der Waals surface area (Å²) in [5, 5.41) is 6.23. The average molecular weight is 304 g/mol. The van der Waals surface area contributed by atoms with Crippen LogP contribution in [0.25, 0.3) is 0 Å². The monoisotopic (exact) mass is 304 g/mol. The van der Waals surface area contributed by atoms with Gasteiger partial charge in [0, 0.05) is 0 Å². The molecule has 0 saturated heterocycles. The molecule has 0 aliphatic heterocycles. The van der Waals surface area contributed by atoms with Crippen LogP contribution in [0.4, 0.5) is 0 Å². The number of ether oxygens (including phenoxy) is 1. The Morgan fingerprint density at radius 3 is 2.50 bits per heavy atom.